The van der Waals surface area contributed by atoms with Gasteiger partial charge in [-0.05, 0) is 32.3 Å². The predicted octanol–water partition coefficient (Wildman–Crippen LogP) is 3.60. The van der Waals surface area contributed by atoms with E-state index in [1.165, 1.54) is 6.20 Å². The van der Waals surface area contributed by atoms with Crippen LogP contribution in [0, 0.1) is 11.3 Å². The highest BCUT2D eigenvalue weighted by Crippen LogP contribution is 2.29. The van der Waals surface area contributed by atoms with Crippen LogP contribution in [-0.2, 0) is 10.2 Å². The number of carbonyl (C=O) groups excluding carboxylic acids is 1. The molecule has 0 aliphatic rings. The standard InChI is InChI=1S/C15H21N3O2/c1-14(2,3)11-7-10(8-16)9-17-12(11)18-13(19)20-15(4,5)6/h7,9H,1-6H3,(H,17,18,19). The Morgan fingerprint density at radius 2 is 1.90 bits per heavy atom. The Labute approximate surface area is 120 Å². The number of pyridine rings is 1. The summed E-state index contributed by atoms with van der Waals surface area (Å²) in [6.07, 6.45) is 0.877. The van der Waals surface area contributed by atoms with Crippen molar-refractivity contribution in [3.63, 3.8) is 0 Å². The molecule has 0 aliphatic carbocycles. The third-order valence-corrected chi connectivity index (χ3v) is 2.44. The number of ether oxygens (including phenoxy) is 1. The number of nitriles is 1. The van der Waals surface area contributed by atoms with E-state index in [1.807, 2.05) is 20.8 Å². The van der Waals surface area contributed by atoms with Crippen molar-refractivity contribution in [2.45, 2.75) is 52.6 Å². The van der Waals surface area contributed by atoms with Crippen LogP contribution < -0.4 is 5.32 Å². The van der Waals surface area contributed by atoms with Gasteiger partial charge in [0, 0.05) is 11.8 Å². The topological polar surface area (TPSA) is 75.0 Å². The van der Waals surface area contributed by atoms with Gasteiger partial charge in [0.1, 0.15) is 17.5 Å². The highest BCUT2D eigenvalue weighted by molar-refractivity contribution is 5.85. The number of nitrogens with zero attached hydrogens (tertiary/aromatic N) is 2. The minimum absolute atomic E-state index is 0.246. The van der Waals surface area contributed by atoms with Crippen LogP contribution in [0.25, 0.3) is 0 Å². The second-order valence-corrected chi connectivity index (χ2v) is 6.61. The number of rotatable bonds is 1. The molecule has 1 N–H and O–H groups in total. The molecule has 1 aromatic heterocycles. The summed E-state index contributed by atoms with van der Waals surface area (Å²) in [4.78, 5) is 16.0. The molecule has 20 heavy (non-hydrogen) atoms. The van der Waals surface area contributed by atoms with Gasteiger partial charge in [-0.3, -0.25) is 5.32 Å². The van der Waals surface area contributed by atoms with E-state index in [-0.39, 0.29) is 5.41 Å². The maximum absolute atomic E-state index is 11.8. The third-order valence-electron chi connectivity index (χ3n) is 2.44. The van der Waals surface area contributed by atoms with Crippen molar-refractivity contribution < 1.29 is 9.53 Å². The fourth-order valence-corrected chi connectivity index (χ4v) is 1.60. The van der Waals surface area contributed by atoms with Crippen molar-refractivity contribution in [2.75, 3.05) is 5.32 Å². The number of nitrogens with one attached hydrogen (secondary N) is 1. The molecule has 1 heterocycles. The number of aromatic nitrogens is 1. The molecule has 0 radical (unpaired) electrons. The molecule has 0 fully saturated rings. The summed E-state index contributed by atoms with van der Waals surface area (Å²) >= 11 is 0. The molecule has 0 unspecified atom stereocenters. The highest BCUT2D eigenvalue weighted by atomic mass is 16.6. The SMILES string of the molecule is CC(C)(C)OC(=O)Nc1ncc(C#N)cc1C(C)(C)C. The zero-order valence-corrected chi connectivity index (χ0v) is 12.9. The zero-order valence-electron chi connectivity index (χ0n) is 12.9. The van der Waals surface area contributed by atoms with E-state index in [9.17, 15) is 4.79 Å². The lowest BCUT2D eigenvalue weighted by Crippen LogP contribution is -2.28. The number of anilines is 1. The quantitative estimate of drug-likeness (QED) is 0.849. The monoisotopic (exact) mass is 275 g/mol. The predicted molar refractivity (Wildman–Crippen MR) is 77.5 cm³/mol. The number of amides is 1. The summed E-state index contributed by atoms with van der Waals surface area (Å²) in [6, 6.07) is 3.79. The summed E-state index contributed by atoms with van der Waals surface area (Å²) in [7, 11) is 0. The molecule has 0 aliphatic heterocycles. The van der Waals surface area contributed by atoms with Gasteiger partial charge >= 0.3 is 6.09 Å². The molecule has 1 amide bonds. The molecule has 5 nitrogen and oxygen atoms in total. The second-order valence-electron chi connectivity index (χ2n) is 6.61. The Morgan fingerprint density at radius 1 is 1.30 bits per heavy atom. The lowest BCUT2D eigenvalue weighted by atomic mass is 9.86. The summed E-state index contributed by atoms with van der Waals surface area (Å²) in [6.45, 7) is 11.4. The largest absolute Gasteiger partial charge is 0.444 e. The molecule has 108 valence electrons. The minimum atomic E-state index is -0.571. The fourth-order valence-electron chi connectivity index (χ4n) is 1.60. The maximum atomic E-state index is 11.8. The van der Waals surface area contributed by atoms with Gasteiger partial charge in [-0.15, -0.1) is 0 Å². The van der Waals surface area contributed by atoms with Crippen LogP contribution in [0.2, 0.25) is 0 Å². The van der Waals surface area contributed by atoms with E-state index < -0.39 is 11.7 Å². The molecular weight excluding hydrogens is 254 g/mol. The summed E-state index contributed by atoms with van der Waals surface area (Å²) in [5.41, 5.74) is 0.440. The van der Waals surface area contributed by atoms with Crippen molar-refractivity contribution in [3.05, 3.63) is 23.4 Å². The van der Waals surface area contributed by atoms with Gasteiger partial charge in [-0.1, -0.05) is 20.8 Å². The normalized spacial score (nSPS) is 11.7. The smallest absolute Gasteiger partial charge is 0.413 e. The number of carbonyl (C=O) groups is 1. The third kappa shape index (κ3) is 4.54. The minimum Gasteiger partial charge on any atom is -0.444 e. The van der Waals surface area contributed by atoms with Crippen molar-refractivity contribution in [1.82, 2.24) is 4.98 Å². The van der Waals surface area contributed by atoms with Gasteiger partial charge in [0.05, 0.1) is 5.56 Å². The summed E-state index contributed by atoms with van der Waals surface area (Å²) < 4.78 is 5.21. The number of hydrogen-bond acceptors (Lipinski definition) is 4. The molecular formula is C15H21N3O2. The van der Waals surface area contributed by atoms with Gasteiger partial charge in [0.15, 0.2) is 0 Å². The first kappa shape index (κ1) is 16.0. The van der Waals surface area contributed by atoms with Crippen LogP contribution in [0.5, 0.6) is 0 Å². The lowest BCUT2D eigenvalue weighted by molar-refractivity contribution is 0.0635. The van der Waals surface area contributed by atoms with E-state index >= 15 is 0 Å². The van der Waals surface area contributed by atoms with Crippen LogP contribution in [0.15, 0.2) is 12.3 Å². The number of hydrogen-bond donors (Lipinski definition) is 1. The Kier molecular flexibility index (Phi) is 4.39. The Balaban J connectivity index is 3.07. The van der Waals surface area contributed by atoms with Gasteiger partial charge in [-0.25, -0.2) is 9.78 Å². The molecule has 0 atom stereocenters. The van der Waals surface area contributed by atoms with Gasteiger partial charge in [-0.2, -0.15) is 5.26 Å². The van der Waals surface area contributed by atoms with Crippen molar-refractivity contribution in [2.24, 2.45) is 0 Å². The highest BCUT2D eigenvalue weighted by Gasteiger charge is 2.23. The molecule has 0 aromatic carbocycles. The van der Waals surface area contributed by atoms with Gasteiger partial charge < -0.3 is 4.74 Å². The van der Waals surface area contributed by atoms with E-state index in [0.717, 1.165) is 5.56 Å². The zero-order chi connectivity index (χ0) is 15.6. The average molecular weight is 275 g/mol. The van der Waals surface area contributed by atoms with Crippen LogP contribution in [0.3, 0.4) is 0 Å². The van der Waals surface area contributed by atoms with Crippen molar-refractivity contribution in [3.8, 4) is 6.07 Å². The van der Waals surface area contributed by atoms with Crippen molar-refractivity contribution >= 4 is 11.9 Å². The van der Waals surface area contributed by atoms with Crippen LogP contribution in [0.4, 0.5) is 10.6 Å². The van der Waals surface area contributed by atoms with Gasteiger partial charge in [0.2, 0.25) is 0 Å². The Morgan fingerprint density at radius 3 is 2.35 bits per heavy atom. The summed E-state index contributed by atoms with van der Waals surface area (Å²) in [5.74, 6) is 0.422. The maximum Gasteiger partial charge on any atom is 0.413 e. The first-order chi connectivity index (χ1) is 9.03. The lowest BCUT2D eigenvalue weighted by Gasteiger charge is -2.24. The van der Waals surface area contributed by atoms with Crippen molar-refractivity contribution in [1.29, 1.82) is 5.26 Å². The Hall–Kier alpha value is -2.09. The van der Waals surface area contributed by atoms with Crippen LogP contribution in [0.1, 0.15) is 52.7 Å². The van der Waals surface area contributed by atoms with E-state index in [1.54, 1.807) is 26.8 Å². The average Bonchev–Trinajstić information content (AvgIpc) is 2.25. The van der Waals surface area contributed by atoms with E-state index in [4.69, 9.17) is 10.00 Å². The molecule has 1 rings (SSSR count). The van der Waals surface area contributed by atoms with Crippen LogP contribution in [-0.4, -0.2) is 16.7 Å². The molecule has 1 aromatic rings. The summed E-state index contributed by atoms with van der Waals surface area (Å²) in [5, 5.41) is 11.6. The second kappa shape index (κ2) is 5.49. The first-order valence-electron chi connectivity index (χ1n) is 6.43. The fraction of sp³-hybridized carbons (Fsp3) is 0.533. The van der Waals surface area contributed by atoms with Gasteiger partial charge in [0.25, 0.3) is 0 Å². The van der Waals surface area contributed by atoms with E-state index in [2.05, 4.69) is 16.4 Å². The molecule has 0 saturated heterocycles. The Bertz CT molecular complexity index is 546. The molecule has 5 heteroatoms. The molecule has 0 bridgehead atoms. The molecule has 0 spiro atoms. The van der Waals surface area contributed by atoms with Crippen LogP contribution >= 0.6 is 0 Å². The molecule has 0 saturated carbocycles. The first-order valence-corrected chi connectivity index (χ1v) is 6.43. The van der Waals surface area contributed by atoms with E-state index in [0.29, 0.717) is 11.4 Å².